The number of carbonyl (C=O) groups excluding carboxylic acids is 3. The molecule has 0 aliphatic carbocycles. The van der Waals surface area contributed by atoms with Crippen LogP contribution in [0.4, 0.5) is 5.69 Å². The second-order valence-corrected chi connectivity index (χ2v) is 6.60. The van der Waals surface area contributed by atoms with Crippen molar-refractivity contribution in [1.82, 2.24) is 5.43 Å². The first-order chi connectivity index (χ1) is 13.4. The number of anilines is 1. The van der Waals surface area contributed by atoms with Crippen molar-refractivity contribution in [2.75, 3.05) is 5.32 Å². The summed E-state index contributed by atoms with van der Waals surface area (Å²) in [6.45, 7) is 3.46. The Morgan fingerprint density at radius 2 is 1.79 bits per heavy atom. The normalized spacial score (nSPS) is 10.5. The Kier molecular flexibility index (Phi) is 7.88. The summed E-state index contributed by atoms with van der Waals surface area (Å²) in [6.07, 6.45) is 2.02. The molecule has 2 aromatic rings. The van der Waals surface area contributed by atoms with Crippen LogP contribution in [-0.4, -0.2) is 24.0 Å². The van der Waals surface area contributed by atoms with Gasteiger partial charge in [-0.15, -0.1) is 0 Å². The molecule has 0 radical (unpaired) electrons. The van der Waals surface area contributed by atoms with Crippen LogP contribution in [0.25, 0.3) is 0 Å². The Morgan fingerprint density at radius 1 is 1.07 bits per heavy atom. The highest BCUT2D eigenvalue weighted by Crippen LogP contribution is 2.22. The summed E-state index contributed by atoms with van der Waals surface area (Å²) in [5.41, 5.74) is 3.96. The first kappa shape index (κ1) is 21.3. The fourth-order valence-electron chi connectivity index (χ4n) is 2.09. The first-order valence-corrected chi connectivity index (χ1v) is 9.45. The van der Waals surface area contributed by atoms with Crippen LogP contribution < -0.4 is 15.5 Å². The maximum Gasteiger partial charge on any atom is 0.310 e. The molecule has 2 aromatic carbocycles. The maximum atomic E-state index is 12.2. The number of hydrogen-bond acceptors (Lipinski definition) is 5. The molecule has 0 saturated heterocycles. The van der Waals surface area contributed by atoms with Gasteiger partial charge in [-0.1, -0.05) is 29.8 Å². The zero-order valence-electron chi connectivity index (χ0n) is 15.5. The number of ether oxygens (including phenoxy) is 1. The van der Waals surface area contributed by atoms with Crippen LogP contribution in [-0.2, 0) is 9.59 Å². The third kappa shape index (κ3) is 6.31. The van der Waals surface area contributed by atoms with Crippen LogP contribution in [0, 0.1) is 0 Å². The zero-order valence-corrected chi connectivity index (χ0v) is 17.1. The van der Waals surface area contributed by atoms with Gasteiger partial charge in [0.1, 0.15) is 5.75 Å². The lowest BCUT2D eigenvalue weighted by Gasteiger charge is -2.07. The summed E-state index contributed by atoms with van der Waals surface area (Å²) in [7, 11) is 0. The molecular formula is C20H20BrN3O4. The molecule has 2 N–H and O–H groups in total. The second-order valence-electron chi connectivity index (χ2n) is 5.69. The average molecular weight is 446 g/mol. The van der Waals surface area contributed by atoms with Crippen molar-refractivity contribution in [3.63, 3.8) is 0 Å². The van der Waals surface area contributed by atoms with E-state index in [4.69, 9.17) is 4.74 Å². The Morgan fingerprint density at radius 3 is 2.43 bits per heavy atom. The van der Waals surface area contributed by atoms with Crippen molar-refractivity contribution in [1.29, 1.82) is 0 Å². The van der Waals surface area contributed by atoms with Gasteiger partial charge in [-0.2, -0.15) is 5.10 Å². The number of esters is 1. The summed E-state index contributed by atoms with van der Waals surface area (Å²) in [5, 5.41) is 6.64. The second kappa shape index (κ2) is 10.4. The summed E-state index contributed by atoms with van der Waals surface area (Å²) in [5.74, 6) is -0.526. The Balaban J connectivity index is 2.04. The first-order valence-electron chi connectivity index (χ1n) is 8.66. The number of nitrogens with zero attached hydrogens (tertiary/aromatic N) is 1. The lowest BCUT2D eigenvalue weighted by atomic mass is 10.2. The number of carbonyl (C=O) groups is 3. The fourth-order valence-corrected chi connectivity index (χ4v) is 2.47. The standard InChI is InChI=1S/C20H20BrN3O4/c1-3-18(25)23-16-8-5-13(6-9-16)20(27)24-22-12-14-11-15(21)7-10-17(14)28-19(26)4-2/h5-12H,3-4H2,1-2H3,(H,23,25)(H,24,27)/b22-12-. The number of hydrogen-bond donors (Lipinski definition) is 2. The van der Waals surface area contributed by atoms with E-state index in [0.717, 1.165) is 4.47 Å². The van der Waals surface area contributed by atoms with Crippen LogP contribution in [0.2, 0.25) is 0 Å². The molecular weight excluding hydrogens is 426 g/mol. The van der Waals surface area contributed by atoms with E-state index in [1.165, 1.54) is 6.21 Å². The van der Waals surface area contributed by atoms with Crippen molar-refractivity contribution in [2.45, 2.75) is 26.7 Å². The summed E-state index contributed by atoms with van der Waals surface area (Å²) >= 11 is 3.35. The molecule has 0 aliphatic heterocycles. The Hall–Kier alpha value is -3.00. The minimum Gasteiger partial charge on any atom is -0.426 e. The van der Waals surface area contributed by atoms with Crippen molar-refractivity contribution >= 4 is 45.6 Å². The van der Waals surface area contributed by atoms with E-state index in [1.807, 2.05) is 0 Å². The van der Waals surface area contributed by atoms with E-state index < -0.39 is 5.91 Å². The Labute approximate surface area is 171 Å². The molecule has 0 atom stereocenters. The fraction of sp³-hybridized carbons (Fsp3) is 0.200. The Bertz CT molecular complexity index is 895. The molecule has 146 valence electrons. The number of hydrazone groups is 1. The molecule has 8 heteroatoms. The van der Waals surface area contributed by atoms with Crippen molar-refractivity contribution in [2.24, 2.45) is 5.10 Å². The number of benzene rings is 2. The van der Waals surface area contributed by atoms with Crippen LogP contribution in [0.3, 0.4) is 0 Å². The van der Waals surface area contributed by atoms with Crippen molar-refractivity contribution < 1.29 is 19.1 Å². The lowest BCUT2D eigenvalue weighted by Crippen LogP contribution is -2.18. The molecule has 0 unspecified atom stereocenters. The molecule has 0 saturated carbocycles. The van der Waals surface area contributed by atoms with Gasteiger partial charge in [-0.3, -0.25) is 14.4 Å². The zero-order chi connectivity index (χ0) is 20.5. The van der Waals surface area contributed by atoms with Gasteiger partial charge in [0, 0.05) is 34.1 Å². The van der Waals surface area contributed by atoms with Gasteiger partial charge >= 0.3 is 5.97 Å². The van der Waals surface area contributed by atoms with Gasteiger partial charge in [-0.25, -0.2) is 5.43 Å². The van der Waals surface area contributed by atoms with E-state index >= 15 is 0 Å². The molecule has 28 heavy (non-hydrogen) atoms. The van der Waals surface area contributed by atoms with Crippen LogP contribution in [0.5, 0.6) is 5.75 Å². The molecule has 2 amide bonds. The van der Waals surface area contributed by atoms with Crippen molar-refractivity contribution in [3.05, 3.63) is 58.1 Å². The topological polar surface area (TPSA) is 96.9 Å². The minimum absolute atomic E-state index is 0.101. The van der Waals surface area contributed by atoms with Gasteiger partial charge in [-0.05, 0) is 42.5 Å². The van der Waals surface area contributed by atoms with Gasteiger partial charge < -0.3 is 10.1 Å². The highest BCUT2D eigenvalue weighted by atomic mass is 79.9. The third-order valence-electron chi connectivity index (χ3n) is 3.61. The summed E-state index contributed by atoms with van der Waals surface area (Å²) < 4.78 is 6.03. The smallest absolute Gasteiger partial charge is 0.310 e. The van der Waals surface area contributed by atoms with Crippen molar-refractivity contribution in [3.8, 4) is 5.75 Å². The van der Waals surface area contributed by atoms with E-state index in [2.05, 4.69) is 31.8 Å². The number of rotatable bonds is 7. The summed E-state index contributed by atoms with van der Waals surface area (Å²) in [4.78, 5) is 35.1. The largest absolute Gasteiger partial charge is 0.426 e. The molecule has 0 heterocycles. The lowest BCUT2D eigenvalue weighted by molar-refractivity contribution is -0.134. The molecule has 0 spiro atoms. The average Bonchev–Trinajstić information content (AvgIpc) is 2.70. The van der Waals surface area contributed by atoms with Crippen LogP contribution >= 0.6 is 15.9 Å². The van der Waals surface area contributed by atoms with Crippen LogP contribution in [0.15, 0.2) is 52.0 Å². The molecule has 0 fully saturated rings. The van der Waals surface area contributed by atoms with Gasteiger partial charge in [0.15, 0.2) is 0 Å². The molecule has 0 bridgehead atoms. The van der Waals surface area contributed by atoms with E-state index in [0.29, 0.717) is 29.0 Å². The van der Waals surface area contributed by atoms with Crippen LogP contribution in [0.1, 0.15) is 42.6 Å². The maximum absolute atomic E-state index is 12.2. The van der Waals surface area contributed by atoms with E-state index in [9.17, 15) is 14.4 Å². The molecule has 0 aliphatic rings. The SMILES string of the molecule is CCC(=O)Nc1ccc(C(=O)N/N=C\c2cc(Br)ccc2OC(=O)CC)cc1. The highest BCUT2D eigenvalue weighted by Gasteiger charge is 2.08. The predicted octanol–water partition coefficient (Wildman–Crippen LogP) is 3.88. The van der Waals surface area contributed by atoms with Gasteiger partial charge in [0.25, 0.3) is 5.91 Å². The number of halogens is 1. The molecule has 2 rings (SSSR count). The minimum atomic E-state index is -0.410. The third-order valence-corrected chi connectivity index (χ3v) is 4.10. The number of amides is 2. The summed E-state index contributed by atoms with van der Waals surface area (Å²) in [6, 6.07) is 11.6. The molecule has 7 nitrogen and oxygen atoms in total. The van der Waals surface area contributed by atoms with Gasteiger partial charge in [0.2, 0.25) is 5.91 Å². The quantitative estimate of drug-likeness (QED) is 0.292. The monoisotopic (exact) mass is 445 g/mol. The number of nitrogens with one attached hydrogen (secondary N) is 2. The highest BCUT2D eigenvalue weighted by molar-refractivity contribution is 9.10. The van der Waals surface area contributed by atoms with E-state index in [1.54, 1.807) is 56.3 Å². The predicted molar refractivity (Wildman–Crippen MR) is 110 cm³/mol. The van der Waals surface area contributed by atoms with E-state index in [-0.39, 0.29) is 18.3 Å². The molecule has 0 aromatic heterocycles. The van der Waals surface area contributed by atoms with Gasteiger partial charge in [0.05, 0.1) is 6.21 Å².